The largest absolute Gasteiger partial charge is 0.457 e. The fourth-order valence-corrected chi connectivity index (χ4v) is 8.52. The average molecular weight is 783 g/mol. The van der Waals surface area contributed by atoms with Gasteiger partial charge in [-0.3, -0.25) is 4.98 Å². The topological polar surface area (TPSA) is 38.5 Å². The average Bonchev–Trinajstić information content (AvgIpc) is 3.75. The van der Waals surface area contributed by atoms with Crippen LogP contribution in [0.1, 0.15) is 0 Å². The molecule has 0 bridgehead atoms. The molecule has 4 nitrogen and oxygen atoms in total. The van der Waals surface area contributed by atoms with Crippen molar-refractivity contribution in [2.45, 2.75) is 0 Å². The number of furan rings is 1. The van der Waals surface area contributed by atoms with E-state index in [0.29, 0.717) is 0 Å². The summed E-state index contributed by atoms with van der Waals surface area (Å²) in [6.45, 7) is 0. The van der Waals surface area contributed by atoms with Crippen molar-refractivity contribution >= 4 is 49.6 Å². The molecule has 0 N–H and O–H groups in total. The second kappa shape index (κ2) is 15.5. The normalized spacial score (nSPS) is 11.3. The molecule has 0 radical (unpaired) electrons. The molecule has 0 saturated carbocycles. The number of rotatable bonds is 9. The Morgan fingerprint density at radius 3 is 1.49 bits per heavy atom. The Hall–Kier alpha value is -8.21. The molecule has 4 heteroatoms. The first kappa shape index (κ1) is 35.9. The van der Waals surface area contributed by atoms with Crippen molar-refractivity contribution in [3.8, 4) is 56.2 Å². The van der Waals surface area contributed by atoms with Gasteiger partial charge in [0, 0.05) is 51.4 Å². The zero-order valence-electron chi connectivity index (χ0n) is 33.2. The lowest BCUT2D eigenvalue weighted by Gasteiger charge is -2.26. The van der Waals surface area contributed by atoms with Gasteiger partial charge in [0.15, 0.2) is 0 Å². The molecular weight excluding hydrogens is 745 g/mol. The van der Waals surface area contributed by atoms with Crippen molar-refractivity contribution in [1.82, 2.24) is 4.98 Å². The minimum Gasteiger partial charge on any atom is -0.457 e. The summed E-state index contributed by atoms with van der Waals surface area (Å²) in [5.74, 6) is 2.47. The maximum absolute atomic E-state index is 6.93. The number of benzene rings is 9. The van der Waals surface area contributed by atoms with E-state index in [-0.39, 0.29) is 0 Å². The second-order valence-electron chi connectivity index (χ2n) is 15.1. The van der Waals surface area contributed by atoms with Crippen LogP contribution in [0.5, 0.6) is 11.5 Å². The van der Waals surface area contributed by atoms with Gasteiger partial charge in [-0.15, -0.1) is 0 Å². The summed E-state index contributed by atoms with van der Waals surface area (Å²) in [4.78, 5) is 6.49. The summed E-state index contributed by atoms with van der Waals surface area (Å²) >= 11 is 0. The first-order chi connectivity index (χ1) is 30.2. The SMILES string of the molecule is c1ccc(Oc2ccc(N(c3ccc(-c4ccncc4)cc3)c3ccc(-c4ccc5c(c4)c4ccccc4c4oc(-c6ccccc6)c(-c6ccccc6)c54)cc3)cc2)cc1. The number of anilines is 3. The maximum atomic E-state index is 6.93. The number of aromatic nitrogens is 1. The van der Waals surface area contributed by atoms with Crippen molar-refractivity contribution in [1.29, 1.82) is 0 Å². The Balaban J connectivity index is 1.01. The molecule has 0 aliphatic rings. The molecule has 0 aliphatic carbocycles. The first-order valence-corrected chi connectivity index (χ1v) is 20.5. The van der Waals surface area contributed by atoms with Crippen LogP contribution >= 0.6 is 0 Å². The quantitative estimate of drug-likeness (QED) is 0.137. The van der Waals surface area contributed by atoms with Gasteiger partial charge < -0.3 is 14.1 Å². The van der Waals surface area contributed by atoms with Crippen molar-refractivity contribution in [2.75, 3.05) is 4.90 Å². The number of hydrogen-bond donors (Lipinski definition) is 0. The Morgan fingerprint density at radius 1 is 0.361 bits per heavy atom. The third-order valence-electron chi connectivity index (χ3n) is 11.4. The van der Waals surface area contributed by atoms with E-state index < -0.39 is 0 Å². The maximum Gasteiger partial charge on any atom is 0.143 e. The van der Waals surface area contributed by atoms with Crippen LogP contribution in [0.3, 0.4) is 0 Å². The molecule has 0 aliphatic heterocycles. The highest BCUT2D eigenvalue weighted by Gasteiger charge is 2.23. The second-order valence-corrected chi connectivity index (χ2v) is 15.1. The highest BCUT2D eigenvalue weighted by molar-refractivity contribution is 6.28. The molecule has 11 rings (SSSR count). The van der Waals surface area contributed by atoms with E-state index in [1.807, 2.05) is 73.1 Å². The van der Waals surface area contributed by atoms with Crippen molar-refractivity contribution in [3.63, 3.8) is 0 Å². The summed E-state index contributed by atoms with van der Waals surface area (Å²) in [6.07, 6.45) is 3.66. The molecule has 11 aromatic rings. The van der Waals surface area contributed by atoms with E-state index in [1.54, 1.807) is 0 Å². The molecule has 288 valence electrons. The summed E-state index contributed by atoms with van der Waals surface area (Å²) in [5, 5.41) is 5.75. The van der Waals surface area contributed by atoms with Gasteiger partial charge in [-0.1, -0.05) is 140 Å². The third-order valence-corrected chi connectivity index (χ3v) is 11.4. The van der Waals surface area contributed by atoms with Crippen LogP contribution in [0.2, 0.25) is 0 Å². The molecule has 9 aromatic carbocycles. The molecule has 2 aromatic heterocycles. The lowest BCUT2D eigenvalue weighted by Crippen LogP contribution is -2.09. The zero-order chi connectivity index (χ0) is 40.5. The van der Waals surface area contributed by atoms with Crippen molar-refractivity contribution in [2.24, 2.45) is 0 Å². The van der Waals surface area contributed by atoms with Gasteiger partial charge in [-0.25, -0.2) is 0 Å². The summed E-state index contributed by atoms with van der Waals surface area (Å²) in [5.41, 5.74) is 11.9. The van der Waals surface area contributed by atoms with Gasteiger partial charge in [0.1, 0.15) is 22.8 Å². The molecule has 0 fully saturated rings. The number of pyridine rings is 1. The number of para-hydroxylation sites is 1. The van der Waals surface area contributed by atoms with Crippen LogP contribution in [-0.4, -0.2) is 4.98 Å². The van der Waals surface area contributed by atoms with Gasteiger partial charge >= 0.3 is 0 Å². The molecule has 61 heavy (non-hydrogen) atoms. The fourth-order valence-electron chi connectivity index (χ4n) is 8.52. The lowest BCUT2D eigenvalue weighted by molar-refractivity contribution is 0.483. The summed E-state index contributed by atoms with van der Waals surface area (Å²) < 4.78 is 13.1. The lowest BCUT2D eigenvalue weighted by atomic mass is 9.91. The number of fused-ring (bicyclic) bond motifs is 6. The Bertz CT molecular complexity index is 3270. The van der Waals surface area contributed by atoms with Crippen molar-refractivity contribution in [3.05, 3.63) is 231 Å². The molecular formula is C57H38N2O2. The van der Waals surface area contributed by atoms with Crippen LogP contribution in [-0.2, 0) is 0 Å². The van der Waals surface area contributed by atoms with Gasteiger partial charge in [0.25, 0.3) is 0 Å². The van der Waals surface area contributed by atoms with Crippen LogP contribution < -0.4 is 9.64 Å². The Morgan fingerprint density at radius 2 is 0.852 bits per heavy atom. The molecule has 0 amide bonds. The number of hydrogen-bond acceptors (Lipinski definition) is 4. The van der Waals surface area contributed by atoms with E-state index in [4.69, 9.17) is 9.15 Å². The zero-order valence-corrected chi connectivity index (χ0v) is 33.2. The van der Waals surface area contributed by atoms with E-state index in [2.05, 4.69) is 168 Å². The monoisotopic (exact) mass is 782 g/mol. The third kappa shape index (κ3) is 6.76. The van der Waals surface area contributed by atoms with Gasteiger partial charge in [0.05, 0.1) is 0 Å². The minimum atomic E-state index is 0.780. The molecule has 0 saturated heterocycles. The molecule has 0 atom stereocenters. The minimum absolute atomic E-state index is 0.780. The summed E-state index contributed by atoms with van der Waals surface area (Å²) in [6, 6.07) is 76.3. The van der Waals surface area contributed by atoms with E-state index >= 15 is 0 Å². The van der Waals surface area contributed by atoms with Gasteiger partial charge in [-0.2, -0.15) is 0 Å². The van der Waals surface area contributed by atoms with Crippen LogP contribution in [0, 0.1) is 0 Å². The summed E-state index contributed by atoms with van der Waals surface area (Å²) in [7, 11) is 0. The van der Waals surface area contributed by atoms with Crippen LogP contribution in [0.25, 0.3) is 77.2 Å². The van der Waals surface area contributed by atoms with Crippen molar-refractivity contribution < 1.29 is 9.15 Å². The van der Waals surface area contributed by atoms with E-state index in [9.17, 15) is 0 Å². The highest BCUT2D eigenvalue weighted by Crippen LogP contribution is 2.48. The molecule has 0 unspecified atom stereocenters. The predicted octanol–water partition coefficient (Wildman–Crippen LogP) is 16.1. The van der Waals surface area contributed by atoms with Crippen LogP contribution in [0.15, 0.2) is 235 Å². The standard InChI is InChI=1S/C57H38N2O2/c1-4-12-42(13-5-1)54-55-51-33-24-44(38-53(51)50-18-10-11-19-52(50)57(55)61-56(54)43-14-6-2-7-15-43)40-22-27-46(28-23-40)59(45-25-20-39(21-26-45)41-34-36-58-37-35-41)47-29-31-49(32-30-47)60-48-16-8-3-9-17-48/h1-38H. The highest BCUT2D eigenvalue weighted by atomic mass is 16.5. The van der Waals surface area contributed by atoms with E-state index in [0.717, 1.165) is 95.0 Å². The molecule has 0 spiro atoms. The number of nitrogens with zero attached hydrogens (tertiary/aromatic N) is 2. The number of ether oxygens (including phenoxy) is 1. The van der Waals surface area contributed by atoms with E-state index in [1.165, 1.54) is 10.8 Å². The molecule has 2 heterocycles. The van der Waals surface area contributed by atoms with Gasteiger partial charge in [-0.05, 0) is 123 Å². The predicted molar refractivity (Wildman–Crippen MR) is 252 cm³/mol. The Labute approximate surface area is 354 Å². The Kier molecular flexibility index (Phi) is 9.14. The van der Waals surface area contributed by atoms with Gasteiger partial charge in [0.2, 0.25) is 0 Å². The fraction of sp³-hybridized carbons (Fsp3) is 0. The smallest absolute Gasteiger partial charge is 0.143 e. The first-order valence-electron chi connectivity index (χ1n) is 20.5. The van der Waals surface area contributed by atoms with Crippen LogP contribution in [0.4, 0.5) is 17.1 Å².